The molecular formula is C13H18F3N3O2S. The van der Waals surface area contributed by atoms with Gasteiger partial charge in [-0.2, -0.15) is 13.2 Å². The van der Waals surface area contributed by atoms with Gasteiger partial charge in [0.15, 0.2) is 0 Å². The maximum atomic E-state index is 12.4. The number of aromatic nitrogens is 1. The molecule has 1 saturated heterocycles. The molecule has 0 aromatic carbocycles. The summed E-state index contributed by atoms with van der Waals surface area (Å²) in [7, 11) is 1.54. The molecule has 0 spiro atoms. The first-order chi connectivity index (χ1) is 10.4. The Morgan fingerprint density at radius 2 is 2.36 bits per heavy atom. The second-order valence-electron chi connectivity index (χ2n) is 5.22. The number of hydrogen-bond donors (Lipinski definition) is 1. The van der Waals surface area contributed by atoms with Crippen LogP contribution in [0, 0.1) is 0 Å². The number of halogens is 3. The van der Waals surface area contributed by atoms with Gasteiger partial charge in [0, 0.05) is 25.1 Å². The largest absolute Gasteiger partial charge is 0.401 e. The SMILES string of the molecule is COCc1nc(C(=O)NC2CCCN(CC(F)(F)F)C2)cs1. The third-order valence-electron chi connectivity index (χ3n) is 3.30. The highest BCUT2D eigenvalue weighted by atomic mass is 32.1. The molecule has 2 rings (SSSR count). The van der Waals surface area contributed by atoms with Crippen LogP contribution in [0.1, 0.15) is 28.3 Å². The maximum Gasteiger partial charge on any atom is 0.401 e. The molecule has 22 heavy (non-hydrogen) atoms. The molecule has 5 nitrogen and oxygen atoms in total. The van der Waals surface area contributed by atoms with Crippen LogP contribution >= 0.6 is 11.3 Å². The second kappa shape index (κ2) is 7.38. The van der Waals surface area contributed by atoms with Crippen LogP contribution < -0.4 is 5.32 Å². The molecular weight excluding hydrogens is 319 g/mol. The van der Waals surface area contributed by atoms with Gasteiger partial charge in [0.25, 0.3) is 5.91 Å². The van der Waals surface area contributed by atoms with Crippen molar-refractivity contribution in [2.24, 2.45) is 0 Å². The van der Waals surface area contributed by atoms with E-state index in [0.717, 1.165) is 0 Å². The Morgan fingerprint density at radius 1 is 1.59 bits per heavy atom. The lowest BCUT2D eigenvalue weighted by atomic mass is 10.1. The van der Waals surface area contributed by atoms with Crippen molar-refractivity contribution in [1.82, 2.24) is 15.2 Å². The van der Waals surface area contributed by atoms with Crippen molar-refractivity contribution >= 4 is 17.2 Å². The fourth-order valence-corrected chi connectivity index (χ4v) is 3.18. The Morgan fingerprint density at radius 3 is 3.05 bits per heavy atom. The van der Waals surface area contributed by atoms with Crippen molar-refractivity contribution in [3.05, 3.63) is 16.1 Å². The summed E-state index contributed by atoms with van der Waals surface area (Å²) in [5, 5.41) is 5.08. The molecule has 0 aliphatic carbocycles. The molecule has 0 saturated carbocycles. The Kier molecular flexibility index (Phi) is 5.76. The molecule has 1 amide bonds. The van der Waals surface area contributed by atoms with E-state index in [1.807, 2.05) is 0 Å². The van der Waals surface area contributed by atoms with Crippen LogP contribution in [0.2, 0.25) is 0 Å². The van der Waals surface area contributed by atoms with Gasteiger partial charge in [0.05, 0.1) is 13.2 Å². The Bertz CT molecular complexity index is 507. The quantitative estimate of drug-likeness (QED) is 0.893. The van der Waals surface area contributed by atoms with E-state index in [9.17, 15) is 18.0 Å². The fourth-order valence-electron chi connectivity index (χ4n) is 2.43. The topological polar surface area (TPSA) is 54.5 Å². The van der Waals surface area contributed by atoms with Gasteiger partial charge in [0.1, 0.15) is 10.7 Å². The first-order valence-corrected chi connectivity index (χ1v) is 7.78. The van der Waals surface area contributed by atoms with E-state index in [1.54, 1.807) is 12.5 Å². The smallest absolute Gasteiger partial charge is 0.378 e. The van der Waals surface area contributed by atoms with E-state index in [2.05, 4.69) is 10.3 Å². The number of nitrogens with zero attached hydrogens (tertiary/aromatic N) is 2. The summed E-state index contributed by atoms with van der Waals surface area (Å²) in [6, 6.07) is -0.281. The zero-order valence-electron chi connectivity index (χ0n) is 12.2. The van der Waals surface area contributed by atoms with E-state index < -0.39 is 12.7 Å². The maximum absolute atomic E-state index is 12.4. The summed E-state index contributed by atoms with van der Waals surface area (Å²) >= 11 is 1.32. The van der Waals surface area contributed by atoms with Crippen LogP contribution in [0.15, 0.2) is 5.38 Å². The third-order valence-corrected chi connectivity index (χ3v) is 4.12. The molecule has 9 heteroatoms. The van der Waals surface area contributed by atoms with E-state index >= 15 is 0 Å². The van der Waals surface area contributed by atoms with Crippen molar-refractivity contribution in [3.63, 3.8) is 0 Å². The summed E-state index contributed by atoms with van der Waals surface area (Å²) < 4.78 is 42.2. The number of thiazole rings is 1. The summed E-state index contributed by atoms with van der Waals surface area (Å²) in [4.78, 5) is 17.5. The average molecular weight is 337 g/mol. The predicted octanol–water partition coefficient (Wildman–Crippen LogP) is 2.05. The zero-order chi connectivity index (χ0) is 16.2. The molecule has 1 aliphatic rings. The first kappa shape index (κ1) is 17.2. The Balaban J connectivity index is 1.87. The van der Waals surface area contributed by atoms with Gasteiger partial charge in [-0.3, -0.25) is 9.69 Å². The summed E-state index contributed by atoms with van der Waals surface area (Å²) in [5.41, 5.74) is 0.282. The molecule has 1 aliphatic heterocycles. The van der Waals surface area contributed by atoms with Crippen LogP contribution in [-0.2, 0) is 11.3 Å². The number of ether oxygens (including phenoxy) is 1. The standard InChI is InChI=1S/C13H18F3N3O2S/c1-21-6-11-18-10(7-22-11)12(20)17-9-3-2-4-19(5-9)8-13(14,15)16/h7,9H,2-6,8H2,1H3,(H,17,20). The molecule has 124 valence electrons. The van der Waals surface area contributed by atoms with Crippen molar-refractivity contribution in [3.8, 4) is 0 Å². The highest BCUT2D eigenvalue weighted by Gasteiger charge is 2.33. The van der Waals surface area contributed by atoms with Gasteiger partial charge < -0.3 is 10.1 Å². The minimum atomic E-state index is -4.21. The van der Waals surface area contributed by atoms with Crippen LogP contribution in [0.4, 0.5) is 13.2 Å². The normalized spacial score (nSPS) is 20.1. The summed E-state index contributed by atoms with van der Waals surface area (Å²) in [5.74, 6) is -0.350. The molecule has 1 atom stereocenters. The minimum absolute atomic E-state index is 0.209. The lowest BCUT2D eigenvalue weighted by Crippen LogP contribution is -2.50. The van der Waals surface area contributed by atoms with E-state index in [1.165, 1.54) is 16.2 Å². The first-order valence-electron chi connectivity index (χ1n) is 6.90. The van der Waals surface area contributed by atoms with Crippen molar-refractivity contribution in [2.45, 2.75) is 31.7 Å². The number of likely N-dealkylation sites (tertiary alicyclic amines) is 1. The molecule has 1 aromatic heterocycles. The number of amides is 1. The average Bonchev–Trinajstić information content (AvgIpc) is 2.86. The summed E-state index contributed by atoms with van der Waals surface area (Å²) in [6.07, 6.45) is -2.90. The van der Waals surface area contributed by atoms with Gasteiger partial charge >= 0.3 is 6.18 Å². The van der Waals surface area contributed by atoms with Gasteiger partial charge in [-0.05, 0) is 19.4 Å². The number of methoxy groups -OCH3 is 1. The van der Waals surface area contributed by atoms with Crippen LogP contribution in [0.3, 0.4) is 0 Å². The Labute approximate surface area is 130 Å². The highest BCUT2D eigenvalue weighted by Crippen LogP contribution is 2.20. The molecule has 0 bridgehead atoms. The summed E-state index contributed by atoms with van der Waals surface area (Å²) in [6.45, 7) is 0.00960. The van der Waals surface area contributed by atoms with Gasteiger partial charge in [0.2, 0.25) is 0 Å². The fraction of sp³-hybridized carbons (Fsp3) is 0.692. The lowest BCUT2D eigenvalue weighted by Gasteiger charge is -2.33. The monoisotopic (exact) mass is 337 g/mol. The van der Waals surface area contributed by atoms with Crippen LogP contribution in [-0.4, -0.2) is 54.8 Å². The third kappa shape index (κ3) is 5.22. The number of carbonyl (C=O) groups excluding carboxylic acids is 1. The highest BCUT2D eigenvalue weighted by molar-refractivity contribution is 7.09. The minimum Gasteiger partial charge on any atom is -0.378 e. The number of alkyl halides is 3. The van der Waals surface area contributed by atoms with Crippen molar-refractivity contribution in [2.75, 3.05) is 26.7 Å². The van der Waals surface area contributed by atoms with Crippen molar-refractivity contribution in [1.29, 1.82) is 0 Å². The van der Waals surface area contributed by atoms with E-state index in [4.69, 9.17) is 4.74 Å². The Hall–Kier alpha value is -1.19. The van der Waals surface area contributed by atoms with Crippen LogP contribution in [0.25, 0.3) is 0 Å². The molecule has 0 radical (unpaired) electrons. The zero-order valence-corrected chi connectivity index (χ0v) is 13.0. The molecule has 1 unspecified atom stereocenters. The molecule has 2 heterocycles. The lowest BCUT2D eigenvalue weighted by molar-refractivity contribution is -0.148. The molecule has 1 aromatic rings. The number of carbonyl (C=O) groups is 1. The number of rotatable bonds is 5. The predicted molar refractivity (Wildman–Crippen MR) is 75.8 cm³/mol. The number of hydrogen-bond acceptors (Lipinski definition) is 5. The van der Waals surface area contributed by atoms with Gasteiger partial charge in [-0.1, -0.05) is 0 Å². The van der Waals surface area contributed by atoms with Crippen molar-refractivity contribution < 1.29 is 22.7 Å². The van der Waals surface area contributed by atoms with E-state index in [-0.39, 0.29) is 24.2 Å². The number of piperidine rings is 1. The number of nitrogens with one attached hydrogen (secondary N) is 1. The van der Waals surface area contributed by atoms with Gasteiger partial charge in [-0.15, -0.1) is 11.3 Å². The molecule has 1 N–H and O–H groups in total. The van der Waals surface area contributed by atoms with Gasteiger partial charge in [-0.25, -0.2) is 4.98 Å². The molecule has 1 fully saturated rings. The van der Waals surface area contributed by atoms with Crippen LogP contribution in [0.5, 0.6) is 0 Å². The van der Waals surface area contributed by atoms with E-state index in [0.29, 0.717) is 31.0 Å². The second-order valence-corrected chi connectivity index (χ2v) is 6.17.